The van der Waals surface area contributed by atoms with Gasteiger partial charge in [0, 0.05) is 25.2 Å². The van der Waals surface area contributed by atoms with E-state index in [9.17, 15) is 9.59 Å². The molecule has 1 aromatic rings. The summed E-state index contributed by atoms with van der Waals surface area (Å²) >= 11 is 0. The standard InChI is InChI=1S/C25H38N4O2/c1-23(2,21(26)30)17-28-18-24(29(22(28)31)16-19-10-11-19)12-14-25(15-13-24,27(3)4)20-8-6-5-7-9-20/h5-9,19H,10-18H2,1-4H3,(H2,26,30). The van der Waals surface area contributed by atoms with Gasteiger partial charge in [0.1, 0.15) is 0 Å². The first-order valence-electron chi connectivity index (χ1n) is 11.7. The number of rotatable bonds is 7. The van der Waals surface area contributed by atoms with Crippen molar-refractivity contribution in [3.8, 4) is 0 Å². The fraction of sp³-hybridized carbons (Fsp3) is 0.680. The molecule has 0 atom stereocenters. The Kier molecular flexibility index (Phi) is 5.57. The number of carbonyl (C=O) groups excluding carboxylic acids is 2. The third-order valence-corrected chi connectivity index (χ3v) is 8.13. The Hall–Kier alpha value is -2.08. The molecule has 2 aliphatic carbocycles. The van der Waals surface area contributed by atoms with Crippen LogP contribution in [0.25, 0.3) is 0 Å². The number of carbonyl (C=O) groups is 2. The van der Waals surface area contributed by atoms with Crippen LogP contribution in [0.2, 0.25) is 0 Å². The molecule has 1 aliphatic heterocycles. The first-order valence-corrected chi connectivity index (χ1v) is 11.7. The number of urea groups is 1. The molecule has 1 spiro atoms. The summed E-state index contributed by atoms with van der Waals surface area (Å²) in [5, 5.41) is 0. The van der Waals surface area contributed by atoms with Crippen molar-refractivity contribution in [2.45, 2.75) is 63.5 Å². The third-order valence-electron chi connectivity index (χ3n) is 8.13. The van der Waals surface area contributed by atoms with Crippen molar-refractivity contribution in [3.05, 3.63) is 35.9 Å². The van der Waals surface area contributed by atoms with Gasteiger partial charge in [0.25, 0.3) is 0 Å². The van der Waals surface area contributed by atoms with E-state index in [1.807, 2.05) is 18.7 Å². The molecular weight excluding hydrogens is 388 g/mol. The van der Waals surface area contributed by atoms with Crippen molar-refractivity contribution in [2.24, 2.45) is 17.1 Å². The number of benzene rings is 1. The lowest BCUT2D eigenvalue weighted by atomic mass is 9.68. The van der Waals surface area contributed by atoms with Crippen molar-refractivity contribution in [1.82, 2.24) is 14.7 Å². The zero-order valence-corrected chi connectivity index (χ0v) is 19.6. The highest BCUT2D eigenvalue weighted by atomic mass is 16.2. The fourth-order valence-electron chi connectivity index (χ4n) is 5.69. The summed E-state index contributed by atoms with van der Waals surface area (Å²) in [7, 11) is 4.35. The Labute approximate surface area is 186 Å². The van der Waals surface area contributed by atoms with Crippen LogP contribution in [0.4, 0.5) is 4.79 Å². The molecule has 0 unspecified atom stereocenters. The van der Waals surface area contributed by atoms with Gasteiger partial charge in [-0.25, -0.2) is 4.79 Å². The first kappa shape index (κ1) is 22.1. The molecule has 3 aliphatic rings. The van der Waals surface area contributed by atoms with Crippen LogP contribution in [0, 0.1) is 11.3 Å². The molecule has 0 radical (unpaired) electrons. The molecule has 2 N–H and O–H groups in total. The van der Waals surface area contributed by atoms with Gasteiger partial charge in [0.2, 0.25) is 5.91 Å². The highest BCUT2D eigenvalue weighted by molar-refractivity contribution is 5.83. The molecule has 3 fully saturated rings. The van der Waals surface area contributed by atoms with E-state index in [0.29, 0.717) is 19.0 Å². The van der Waals surface area contributed by atoms with Crippen molar-refractivity contribution in [3.63, 3.8) is 0 Å². The fourth-order valence-corrected chi connectivity index (χ4v) is 5.69. The lowest BCUT2D eigenvalue weighted by Crippen LogP contribution is -2.55. The molecule has 6 nitrogen and oxygen atoms in total. The second-order valence-electron chi connectivity index (χ2n) is 11.0. The van der Waals surface area contributed by atoms with Crippen LogP contribution in [-0.4, -0.2) is 65.9 Å². The van der Waals surface area contributed by atoms with Gasteiger partial charge in [-0.3, -0.25) is 9.69 Å². The van der Waals surface area contributed by atoms with Crippen LogP contribution in [0.3, 0.4) is 0 Å². The Bertz CT molecular complexity index is 823. The van der Waals surface area contributed by atoms with E-state index < -0.39 is 5.41 Å². The molecule has 3 amide bonds. The van der Waals surface area contributed by atoms with Gasteiger partial charge < -0.3 is 15.5 Å². The molecule has 1 aromatic carbocycles. The van der Waals surface area contributed by atoms with Gasteiger partial charge in [-0.05, 0) is 77.9 Å². The van der Waals surface area contributed by atoms with E-state index in [-0.39, 0.29) is 23.0 Å². The van der Waals surface area contributed by atoms with Crippen LogP contribution in [-0.2, 0) is 10.3 Å². The predicted molar refractivity (Wildman–Crippen MR) is 122 cm³/mol. The zero-order chi connectivity index (χ0) is 22.4. The van der Waals surface area contributed by atoms with Crippen molar-refractivity contribution in [2.75, 3.05) is 33.7 Å². The zero-order valence-electron chi connectivity index (χ0n) is 19.6. The third kappa shape index (κ3) is 3.95. The van der Waals surface area contributed by atoms with Crippen LogP contribution in [0.15, 0.2) is 30.3 Å². The quantitative estimate of drug-likeness (QED) is 0.726. The second kappa shape index (κ2) is 7.80. The highest BCUT2D eigenvalue weighted by Crippen LogP contribution is 2.50. The lowest BCUT2D eigenvalue weighted by Gasteiger charge is -2.51. The molecule has 6 heteroatoms. The molecule has 1 heterocycles. The Balaban J connectivity index is 1.59. The summed E-state index contributed by atoms with van der Waals surface area (Å²) in [6, 6.07) is 10.9. The second-order valence-corrected chi connectivity index (χ2v) is 11.0. The van der Waals surface area contributed by atoms with Gasteiger partial charge in [-0.15, -0.1) is 0 Å². The van der Waals surface area contributed by atoms with Crippen LogP contribution < -0.4 is 5.73 Å². The van der Waals surface area contributed by atoms with Gasteiger partial charge >= 0.3 is 6.03 Å². The summed E-state index contributed by atoms with van der Waals surface area (Å²) < 4.78 is 0. The molecule has 1 saturated heterocycles. The van der Waals surface area contributed by atoms with Crippen molar-refractivity contribution < 1.29 is 9.59 Å². The number of nitrogens with two attached hydrogens (primary N) is 1. The number of amides is 3. The highest BCUT2D eigenvalue weighted by Gasteiger charge is 2.55. The first-order chi connectivity index (χ1) is 14.6. The summed E-state index contributed by atoms with van der Waals surface area (Å²) in [4.78, 5) is 31.9. The minimum atomic E-state index is -0.724. The topological polar surface area (TPSA) is 69.9 Å². The van der Waals surface area contributed by atoms with Crippen molar-refractivity contribution >= 4 is 11.9 Å². The van der Waals surface area contributed by atoms with Crippen LogP contribution in [0.1, 0.15) is 57.9 Å². The largest absolute Gasteiger partial charge is 0.369 e. The Morgan fingerprint density at radius 2 is 1.74 bits per heavy atom. The lowest BCUT2D eigenvalue weighted by molar-refractivity contribution is -0.126. The molecule has 0 aromatic heterocycles. The normalized spacial score (nSPS) is 29.3. The maximum absolute atomic E-state index is 13.5. The van der Waals surface area contributed by atoms with E-state index in [2.05, 4.69) is 54.2 Å². The molecule has 31 heavy (non-hydrogen) atoms. The van der Waals surface area contributed by atoms with Gasteiger partial charge in [-0.2, -0.15) is 0 Å². The summed E-state index contributed by atoms with van der Waals surface area (Å²) in [5.74, 6) is 0.286. The van der Waals surface area contributed by atoms with E-state index in [1.165, 1.54) is 18.4 Å². The minimum absolute atomic E-state index is 0.000718. The monoisotopic (exact) mass is 426 g/mol. The average Bonchev–Trinajstić information content (AvgIpc) is 3.52. The SMILES string of the molecule is CN(C)C1(c2ccccc2)CCC2(CC1)CN(CC(C)(C)C(N)=O)C(=O)N2CC1CC1. The summed E-state index contributed by atoms with van der Waals surface area (Å²) in [6.45, 7) is 5.63. The maximum atomic E-state index is 13.5. The minimum Gasteiger partial charge on any atom is -0.369 e. The van der Waals surface area contributed by atoms with E-state index in [4.69, 9.17) is 5.73 Å². The molecule has 4 rings (SSSR count). The van der Waals surface area contributed by atoms with Crippen LogP contribution >= 0.6 is 0 Å². The smallest absolute Gasteiger partial charge is 0.320 e. The van der Waals surface area contributed by atoms with Gasteiger partial charge in [0.15, 0.2) is 0 Å². The molecule has 0 bridgehead atoms. The van der Waals surface area contributed by atoms with E-state index in [1.54, 1.807) is 0 Å². The van der Waals surface area contributed by atoms with E-state index in [0.717, 1.165) is 32.2 Å². The van der Waals surface area contributed by atoms with Crippen LogP contribution in [0.5, 0.6) is 0 Å². The average molecular weight is 427 g/mol. The number of nitrogens with zero attached hydrogens (tertiary/aromatic N) is 3. The summed E-state index contributed by atoms with van der Waals surface area (Å²) in [5.41, 5.74) is 6.13. The molecule has 170 valence electrons. The molecular formula is C25H38N4O2. The Morgan fingerprint density at radius 1 is 1.13 bits per heavy atom. The van der Waals surface area contributed by atoms with Gasteiger partial charge in [0.05, 0.1) is 11.0 Å². The molecule has 2 saturated carbocycles. The van der Waals surface area contributed by atoms with Gasteiger partial charge in [-0.1, -0.05) is 30.3 Å². The number of primary amides is 1. The summed E-state index contributed by atoms with van der Waals surface area (Å²) in [6.07, 6.45) is 6.44. The van der Waals surface area contributed by atoms with E-state index >= 15 is 0 Å². The number of hydrogen-bond acceptors (Lipinski definition) is 3. The maximum Gasteiger partial charge on any atom is 0.320 e. The predicted octanol–water partition coefficient (Wildman–Crippen LogP) is 3.42. The Morgan fingerprint density at radius 3 is 2.26 bits per heavy atom. The van der Waals surface area contributed by atoms with Crippen molar-refractivity contribution in [1.29, 1.82) is 0 Å². The number of hydrogen-bond donors (Lipinski definition) is 1.